The number of nitrogens with zero attached hydrogens (tertiary/aromatic N) is 2. The number of pyridine rings is 1. The van der Waals surface area contributed by atoms with Crippen molar-refractivity contribution in [2.45, 2.75) is 40.0 Å². The van der Waals surface area contributed by atoms with Crippen molar-refractivity contribution in [3.63, 3.8) is 0 Å². The summed E-state index contributed by atoms with van der Waals surface area (Å²) in [4.78, 5) is 8.67. The van der Waals surface area contributed by atoms with Crippen LogP contribution in [0.3, 0.4) is 0 Å². The van der Waals surface area contributed by atoms with Gasteiger partial charge in [0.1, 0.15) is 6.61 Å². The van der Waals surface area contributed by atoms with Gasteiger partial charge in [0, 0.05) is 39.0 Å². The predicted octanol–water partition coefficient (Wildman–Crippen LogP) is 4.00. The van der Waals surface area contributed by atoms with Gasteiger partial charge in [0.15, 0.2) is 5.96 Å². The van der Waals surface area contributed by atoms with E-state index in [-0.39, 0.29) is 35.5 Å². The molecule has 0 aliphatic rings. The van der Waals surface area contributed by atoms with Gasteiger partial charge in [-0.05, 0) is 17.0 Å². The van der Waals surface area contributed by atoms with Crippen molar-refractivity contribution in [1.29, 1.82) is 0 Å². The first-order valence-electron chi connectivity index (χ1n) is 9.52. The maximum absolute atomic E-state index is 5.92. The lowest BCUT2D eigenvalue weighted by molar-refractivity contribution is 0.0205. The average Bonchev–Trinajstić information content (AvgIpc) is 2.69. The standard InChI is InChI=1S/C22H32N4O2.HI/c1-22(2,3)19(27-5)15-26-21(23-4)25-14-18-12-9-13-24-20(18)28-16-17-10-7-6-8-11-17;/h6-13,19H,14-16H2,1-5H3,(H2,23,25,26);1H. The van der Waals surface area contributed by atoms with E-state index >= 15 is 0 Å². The number of rotatable bonds is 8. The molecule has 1 atom stereocenters. The highest BCUT2D eigenvalue weighted by atomic mass is 127. The zero-order chi connectivity index (χ0) is 20.4. The molecule has 1 unspecified atom stereocenters. The van der Waals surface area contributed by atoms with Gasteiger partial charge in [0.25, 0.3) is 0 Å². The van der Waals surface area contributed by atoms with Gasteiger partial charge in [0.05, 0.1) is 6.10 Å². The largest absolute Gasteiger partial charge is 0.473 e. The Morgan fingerprint density at radius 1 is 1.10 bits per heavy atom. The van der Waals surface area contributed by atoms with Crippen LogP contribution < -0.4 is 15.4 Å². The molecule has 0 saturated heterocycles. The van der Waals surface area contributed by atoms with Gasteiger partial charge < -0.3 is 20.1 Å². The van der Waals surface area contributed by atoms with Gasteiger partial charge in [-0.15, -0.1) is 24.0 Å². The van der Waals surface area contributed by atoms with E-state index in [1.165, 1.54) is 0 Å². The van der Waals surface area contributed by atoms with Crippen LogP contribution in [0.5, 0.6) is 5.88 Å². The van der Waals surface area contributed by atoms with Crippen molar-refractivity contribution < 1.29 is 9.47 Å². The molecule has 6 nitrogen and oxygen atoms in total. The zero-order valence-electron chi connectivity index (χ0n) is 17.9. The van der Waals surface area contributed by atoms with Crippen LogP contribution >= 0.6 is 24.0 Å². The minimum Gasteiger partial charge on any atom is -0.473 e. The van der Waals surface area contributed by atoms with Gasteiger partial charge in [-0.1, -0.05) is 57.2 Å². The number of halogens is 1. The van der Waals surface area contributed by atoms with Crippen LogP contribution in [0, 0.1) is 5.41 Å². The van der Waals surface area contributed by atoms with Gasteiger partial charge in [-0.2, -0.15) is 0 Å². The molecule has 1 aromatic carbocycles. The maximum Gasteiger partial charge on any atom is 0.218 e. The number of ether oxygens (including phenoxy) is 2. The molecule has 0 amide bonds. The minimum atomic E-state index is 0. The quantitative estimate of drug-likeness (QED) is 0.318. The Labute approximate surface area is 191 Å². The number of hydrogen-bond acceptors (Lipinski definition) is 4. The monoisotopic (exact) mass is 512 g/mol. The predicted molar refractivity (Wildman–Crippen MR) is 129 cm³/mol. The smallest absolute Gasteiger partial charge is 0.218 e. The average molecular weight is 512 g/mol. The fraction of sp³-hybridized carbons (Fsp3) is 0.455. The number of aromatic nitrogens is 1. The fourth-order valence-electron chi connectivity index (χ4n) is 2.75. The number of nitrogens with one attached hydrogen (secondary N) is 2. The van der Waals surface area contributed by atoms with E-state index in [4.69, 9.17) is 9.47 Å². The molecule has 2 rings (SSSR count). The molecule has 7 heteroatoms. The van der Waals surface area contributed by atoms with Crippen LogP contribution in [0.2, 0.25) is 0 Å². The highest BCUT2D eigenvalue weighted by Gasteiger charge is 2.24. The maximum atomic E-state index is 5.92. The molecule has 0 spiro atoms. The SMILES string of the molecule is CN=C(NCc1cccnc1OCc1ccccc1)NCC(OC)C(C)(C)C.I. The zero-order valence-corrected chi connectivity index (χ0v) is 20.3. The van der Waals surface area contributed by atoms with Gasteiger partial charge in [-0.25, -0.2) is 4.98 Å². The van der Waals surface area contributed by atoms with Gasteiger partial charge >= 0.3 is 0 Å². The summed E-state index contributed by atoms with van der Waals surface area (Å²) in [6, 6.07) is 14.0. The molecule has 1 heterocycles. The Balaban J connectivity index is 0.00000420. The van der Waals surface area contributed by atoms with E-state index in [9.17, 15) is 0 Å². The molecule has 29 heavy (non-hydrogen) atoms. The molecule has 0 fully saturated rings. The summed E-state index contributed by atoms with van der Waals surface area (Å²) in [5.41, 5.74) is 2.13. The first kappa shape index (κ1) is 25.2. The number of methoxy groups -OCH3 is 1. The summed E-state index contributed by atoms with van der Waals surface area (Å²) in [6.45, 7) is 8.19. The Bertz CT molecular complexity index is 748. The van der Waals surface area contributed by atoms with Gasteiger partial charge in [-0.3, -0.25) is 4.99 Å². The van der Waals surface area contributed by atoms with E-state index in [1.54, 1.807) is 20.4 Å². The lowest BCUT2D eigenvalue weighted by atomic mass is 9.89. The number of benzene rings is 1. The highest BCUT2D eigenvalue weighted by Crippen LogP contribution is 2.21. The highest BCUT2D eigenvalue weighted by molar-refractivity contribution is 14.0. The Hall–Kier alpha value is -1.87. The van der Waals surface area contributed by atoms with E-state index in [0.717, 1.165) is 11.1 Å². The molecule has 2 aromatic rings. The Morgan fingerprint density at radius 3 is 2.45 bits per heavy atom. The first-order chi connectivity index (χ1) is 13.4. The Morgan fingerprint density at radius 2 is 1.83 bits per heavy atom. The molecule has 0 radical (unpaired) electrons. The summed E-state index contributed by atoms with van der Waals surface area (Å²) in [5, 5.41) is 6.65. The van der Waals surface area contributed by atoms with E-state index in [0.29, 0.717) is 31.5 Å². The van der Waals surface area contributed by atoms with Crippen molar-refractivity contribution in [1.82, 2.24) is 15.6 Å². The second kappa shape index (κ2) is 12.6. The lowest BCUT2D eigenvalue weighted by Crippen LogP contribution is -2.45. The normalized spacial score (nSPS) is 12.7. The molecule has 0 bridgehead atoms. The van der Waals surface area contributed by atoms with E-state index < -0.39 is 0 Å². The lowest BCUT2D eigenvalue weighted by Gasteiger charge is -2.30. The van der Waals surface area contributed by atoms with Crippen LogP contribution in [0.1, 0.15) is 31.9 Å². The van der Waals surface area contributed by atoms with Crippen molar-refractivity contribution in [2.75, 3.05) is 20.7 Å². The van der Waals surface area contributed by atoms with Gasteiger partial charge in [0.2, 0.25) is 5.88 Å². The van der Waals surface area contributed by atoms with E-state index in [1.807, 2.05) is 42.5 Å². The molecule has 2 N–H and O–H groups in total. The third-order valence-corrected chi connectivity index (χ3v) is 4.44. The molecular formula is C22H33IN4O2. The van der Waals surface area contributed by atoms with Crippen molar-refractivity contribution in [3.05, 3.63) is 59.8 Å². The molecular weight excluding hydrogens is 479 g/mol. The second-order valence-corrected chi connectivity index (χ2v) is 7.64. The molecule has 0 aliphatic heterocycles. The third kappa shape index (κ3) is 8.57. The van der Waals surface area contributed by atoms with Crippen LogP contribution in [0.25, 0.3) is 0 Å². The number of aliphatic imine (C=N–C) groups is 1. The van der Waals surface area contributed by atoms with Crippen LogP contribution in [-0.4, -0.2) is 37.7 Å². The molecule has 0 aliphatic carbocycles. The summed E-state index contributed by atoms with van der Waals surface area (Å²) >= 11 is 0. The molecule has 0 saturated carbocycles. The van der Waals surface area contributed by atoms with E-state index in [2.05, 4.69) is 41.4 Å². The summed E-state index contributed by atoms with van der Waals surface area (Å²) in [5.74, 6) is 1.34. The molecule has 1 aromatic heterocycles. The minimum absolute atomic E-state index is 0. The second-order valence-electron chi connectivity index (χ2n) is 7.64. The topological polar surface area (TPSA) is 67.8 Å². The van der Waals surface area contributed by atoms with Crippen molar-refractivity contribution >= 4 is 29.9 Å². The third-order valence-electron chi connectivity index (χ3n) is 4.44. The Kier molecular flexibility index (Phi) is 11.0. The van der Waals surface area contributed by atoms with Crippen molar-refractivity contribution in [2.24, 2.45) is 10.4 Å². The van der Waals surface area contributed by atoms with Crippen molar-refractivity contribution in [3.8, 4) is 5.88 Å². The van der Waals surface area contributed by atoms with Crippen LogP contribution in [0.4, 0.5) is 0 Å². The summed E-state index contributed by atoms with van der Waals surface area (Å²) in [7, 11) is 3.49. The first-order valence-corrected chi connectivity index (χ1v) is 9.52. The summed E-state index contributed by atoms with van der Waals surface area (Å²) < 4.78 is 11.5. The summed E-state index contributed by atoms with van der Waals surface area (Å²) in [6.07, 6.45) is 1.82. The van der Waals surface area contributed by atoms with Crippen LogP contribution in [-0.2, 0) is 17.9 Å². The fourth-order valence-corrected chi connectivity index (χ4v) is 2.75. The number of hydrogen-bond donors (Lipinski definition) is 2. The number of guanidine groups is 1. The molecule has 160 valence electrons. The van der Waals surface area contributed by atoms with Crippen LogP contribution in [0.15, 0.2) is 53.7 Å².